The molecule has 0 spiro atoms. The van der Waals surface area contributed by atoms with E-state index >= 15 is 0 Å². The van der Waals surface area contributed by atoms with Crippen molar-refractivity contribution >= 4 is 40.8 Å². The topological polar surface area (TPSA) is 61.4 Å². The van der Waals surface area contributed by atoms with Gasteiger partial charge in [0.2, 0.25) is 0 Å². The van der Waals surface area contributed by atoms with Gasteiger partial charge in [-0.25, -0.2) is 4.39 Å². The first-order valence-electron chi connectivity index (χ1n) is 9.11. The number of nitrogens with one attached hydrogen (secondary N) is 3. The zero-order chi connectivity index (χ0) is 19.1. The second-order valence-electron chi connectivity index (χ2n) is 6.19. The number of H-pyrrole nitrogens is 1. The van der Waals surface area contributed by atoms with Crippen LogP contribution in [0.25, 0.3) is 10.9 Å². The van der Waals surface area contributed by atoms with Gasteiger partial charge in [0.05, 0.1) is 6.61 Å². The molecule has 5 nitrogen and oxygen atoms in total. The number of ether oxygens (including phenoxy) is 1. The van der Waals surface area contributed by atoms with Crippen LogP contribution >= 0.6 is 24.0 Å². The van der Waals surface area contributed by atoms with Crippen LogP contribution in [0.2, 0.25) is 0 Å². The predicted octanol–water partition coefficient (Wildman–Crippen LogP) is 4.23. The van der Waals surface area contributed by atoms with Gasteiger partial charge in [0.1, 0.15) is 11.6 Å². The molecule has 0 atom stereocenters. The van der Waals surface area contributed by atoms with Gasteiger partial charge in [-0.2, -0.15) is 0 Å². The molecule has 0 aliphatic rings. The van der Waals surface area contributed by atoms with E-state index in [4.69, 9.17) is 4.74 Å². The highest BCUT2D eigenvalue weighted by Crippen LogP contribution is 2.19. The lowest BCUT2D eigenvalue weighted by molar-refractivity contribution is 0.340. The number of halogens is 2. The van der Waals surface area contributed by atoms with Gasteiger partial charge in [-0.1, -0.05) is 12.1 Å². The molecule has 1 heterocycles. The molecule has 0 saturated carbocycles. The molecule has 3 N–H and O–H groups in total. The molecule has 0 radical (unpaired) electrons. The van der Waals surface area contributed by atoms with Crippen LogP contribution in [0.4, 0.5) is 4.39 Å². The van der Waals surface area contributed by atoms with Crippen molar-refractivity contribution in [3.8, 4) is 5.75 Å². The van der Waals surface area contributed by atoms with Crippen molar-refractivity contribution in [2.45, 2.75) is 19.9 Å². The number of aliphatic imine (C=N–C) groups is 1. The van der Waals surface area contributed by atoms with E-state index in [1.807, 2.05) is 37.4 Å². The van der Waals surface area contributed by atoms with Crippen LogP contribution in [0.3, 0.4) is 0 Å². The summed E-state index contributed by atoms with van der Waals surface area (Å²) in [5.74, 6) is 1.37. The lowest BCUT2D eigenvalue weighted by atomic mass is 10.1. The van der Waals surface area contributed by atoms with Crippen LogP contribution in [-0.2, 0) is 13.0 Å². The monoisotopic (exact) mass is 496 g/mol. The van der Waals surface area contributed by atoms with Gasteiger partial charge in [-0.15, -0.1) is 24.0 Å². The number of guanidine groups is 1. The third kappa shape index (κ3) is 5.85. The van der Waals surface area contributed by atoms with Crippen molar-refractivity contribution in [2.75, 3.05) is 20.2 Å². The second kappa shape index (κ2) is 10.9. The molecule has 3 rings (SSSR count). The number of aromatic amines is 1. The van der Waals surface area contributed by atoms with Gasteiger partial charge in [0.25, 0.3) is 0 Å². The largest absolute Gasteiger partial charge is 0.494 e. The van der Waals surface area contributed by atoms with E-state index in [2.05, 4.69) is 20.6 Å². The molecule has 28 heavy (non-hydrogen) atoms. The highest BCUT2D eigenvalue weighted by atomic mass is 127. The Bertz CT molecular complexity index is 926. The molecule has 0 fully saturated rings. The van der Waals surface area contributed by atoms with Crippen LogP contribution in [0.1, 0.15) is 18.1 Å². The Balaban J connectivity index is 0.00000280. The highest BCUT2D eigenvalue weighted by molar-refractivity contribution is 14.0. The van der Waals surface area contributed by atoms with E-state index in [0.29, 0.717) is 19.7 Å². The average molecular weight is 496 g/mol. The van der Waals surface area contributed by atoms with E-state index in [1.165, 1.54) is 6.07 Å². The van der Waals surface area contributed by atoms with Gasteiger partial charge in [-0.3, -0.25) is 4.99 Å². The summed E-state index contributed by atoms with van der Waals surface area (Å²) in [6.07, 6.45) is 2.70. The number of aromatic nitrogens is 1. The third-order valence-electron chi connectivity index (χ3n) is 4.31. The number of hydrogen-bond donors (Lipinski definition) is 3. The van der Waals surface area contributed by atoms with E-state index in [1.54, 1.807) is 19.2 Å². The van der Waals surface area contributed by atoms with Crippen molar-refractivity contribution in [1.29, 1.82) is 0 Å². The van der Waals surface area contributed by atoms with Gasteiger partial charge in [0, 0.05) is 37.2 Å². The van der Waals surface area contributed by atoms with Crippen molar-refractivity contribution in [3.05, 3.63) is 65.6 Å². The minimum atomic E-state index is -0.219. The first kappa shape index (κ1) is 22.0. The summed E-state index contributed by atoms with van der Waals surface area (Å²) in [6, 6.07) is 12.8. The summed E-state index contributed by atoms with van der Waals surface area (Å²) < 4.78 is 19.0. The SMILES string of the molecule is CCOc1cccc(CNC(=NC)NCCc2c[nH]c3ccc(F)cc23)c1.I. The van der Waals surface area contributed by atoms with E-state index < -0.39 is 0 Å². The highest BCUT2D eigenvalue weighted by Gasteiger charge is 2.06. The molecule has 0 aliphatic carbocycles. The van der Waals surface area contributed by atoms with Gasteiger partial charge in [-0.05, 0) is 54.8 Å². The summed E-state index contributed by atoms with van der Waals surface area (Å²) in [7, 11) is 1.74. The van der Waals surface area contributed by atoms with Crippen molar-refractivity contribution < 1.29 is 9.13 Å². The fourth-order valence-corrected chi connectivity index (χ4v) is 2.99. The molecule has 2 aromatic carbocycles. The molecule has 0 saturated heterocycles. The standard InChI is InChI=1S/C21H25FN4O.HI/c1-3-27-18-6-4-5-15(11-18)13-26-21(23-2)24-10-9-16-14-25-20-8-7-17(22)12-19(16)20;/h4-8,11-12,14,25H,3,9-10,13H2,1-2H3,(H2,23,24,26);1H. The molecule has 3 aromatic rings. The number of fused-ring (bicyclic) bond motifs is 1. The normalized spacial score (nSPS) is 11.2. The maximum absolute atomic E-state index is 13.5. The maximum atomic E-state index is 13.5. The Hall–Kier alpha value is -2.29. The Morgan fingerprint density at radius 1 is 1.18 bits per heavy atom. The number of benzene rings is 2. The Morgan fingerprint density at radius 3 is 2.82 bits per heavy atom. The summed E-state index contributed by atoms with van der Waals surface area (Å²) in [5, 5.41) is 7.52. The van der Waals surface area contributed by atoms with E-state index in [-0.39, 0.29) is 29.8 Å². The lowest BCUT2D eigenvalue weighted by Gasteiger charge is -2.12. The van der Waals surface area contributed by atoms with Crippen molar-refractivity contribution in [2.24, 2.45) is 4.99 Å². The Kier molecular flexibility index (Phi) is 8.56. The maximum Gasteiger partial charge on any atom is 0.191 e. The number of rotatable bonds is 7. The van der Waals surface area contributed by atoms with Crippen molar-refractivity contribution in [3.63, 3.8) is 0 Å². The molecule has 7 heteroatoms. The van der Waals surface area contributed by atoms with E-state index in [0.717, 1.165) is 40.2 Å². The third-order valence-corrected chi connectivity index (χ3v) is 4.31. The molecule has 0 amide bonds. The second-order valence-corrected chi connectivity index (χ2v) is 6.19. The molecule has 0 bridgehead atoms. The molecule has 1 aromatic heterocycles. The summed E-state index contributed by atoms with van der Waals surface area (Å²) in [4.78, 5) is 7.43. The number of nitrogens with zero attached hydrogens (tertiary/aromatic N) is 1. The summed E-state index contributed by atoms with van der Waals surface area (Å²) >= 11 is 0. The Morgan fingerprint density at radius 2 is 2.04 bits per heavy atom. The fourth-order valence-electron chi connectivity index (χ4n) is 2.99. The fraction of sp³-hybridized carbons (Fsp3) is 0.286. The smallest absolute Gasteiger partial charge is 0.191 e. The van der Waals surface area contributed by atoms with Crippen LogP contribution in [0.15, 0.2) is 53.7 Å². The lowest BCUT2D eigenvalue weighted by Crippen LogP contribution is -2.37. The molecule has 0 unspecified atom stereocenters. The predicted molar refractivity (Wildman–Crippen MR) is 123 cm³/mol. The quantitative estimate of drug-likeness (QED) is 0.261. The van der Waals surface area contributed by atoms with E-state index in [9.17, 15) is 4.39 Å². The minimum Gasteiger partial charge on any atom is -0.494 e. The molecular weight excluding hydrogens is 470 g/mol. The van der Waals surface area contributed by atoms with Crippen LogP contribution in [0.5, 0.6) is 5.75 Å². The van der Waals surface area contributed by atoms with Crippen LogP contribution in [-0.4, -0.2) is 31.1 Å². The zero-order valence-corrected chi connectivity index (χ0v) is 18.4. The van der Waals surface area contributed by atoms with Gasteiger partial charge >= 0.3 is 0 Å². The zero-order valence-electron chi connectivity index (χ0n) is 16.1. The van der Waals surface area contributed by atoms with Crippen molar-refractivity contribution in [1.82, 2.24) is 15.6 Å². The number of hydrogen-bond acceptors (Lipinski definition) is 2. The summed E-state index contributed by atoms with van der Waals surface area (Å²) in [5.41, 5.74) is 3.15. The van der Waals surface area contributed by atoms with Crippen LogP contribution in [0, 0.1) is 5.82 Å². The average Bonchev–Trinajstić information content (AvgIpc) is 3.07. The first-order chi connectivity index (χ1) is 13.2. The molecular formula is C21H26FIN4O. The van der Waals surface area contributed by atoms with Gasteiger partial charge < -0.3 is 20.4 Å². The summed E-state index contributed by atoms with van der Waals surface area (Å²) in [6.45, 7) is 3.97. The Labute approximate surface area is 181 Å². The van der Waals surface area contributed by atoms with Crippen LogP contribution < -0.4 is 15.4 Å². The molecule has 0 aliphatic heterocycles. The minimum absolute atomic E-state index is 0. The first-order valence-corrected chi connectivity index (χ1v) is 9.11. The molecule has 150 valence electrons. The van der Waals surface area contributed by atoms with Gasteiger partial charge in [0.15, 0.2) is 5.96 Å².